The number of methoxy groups -OCH3 is 1. The van der Waals surface area contributed by atoms with Crippen molar-refractivity contribution in [1.29, 1.82) is 0 Å². The first-order chi connectivity index (χ1) is 15.0. The molecule has 31 heavy (non-hydrogen) atoms. The van der Waals surface area contributed by atoms with Crippen LogP contribution in [0.2, 0.25) is 5.02 Å². The van der Waals surface area contributed by atoms with Gasteiger partial charge in [-0.2, -0.15) is 0 Å². The second kappa shape index (κ2) is 7.22. The molecule has 0 bridgehead atoms. The predicted octanol–water partition coefficient (Wildman–Crippen LogP) is 5.85. The van der Waals surface area contributed by atoms with E-state index in [0.29, 0.717) is 38.8 Å². The largest absolute Gasteiger partial charge is 0.507 e. The lowest BCUT2D eigenvalue weighted by atomic mass is 10.0. The number of fused-ring (bicyclic) bond motifs is 4. The summed E-state index contributed by atoms with van der Waals surface area (Å²) >= 11 is 6.42. The molecule has 0 fully saturated rings. The van der Waals surface area contributed by atoms with Gasteiger partial charge in [-0.1, -0.05) is 54.1 Å². The normalized spacial score (nSPS) is 11.4. The molecule has 5 aromatic rings. The number of ether oxygens (including phenoxy) is 1. The molecule has 0 atom stereocenters. The molecule has 5 nitrogen and oxygen atoms in total. The molecule has 0 radical (unpaired) electrons. The quantitative estimate of drug-likeness (QED) is 0.352. The second-order valence-corrected chi connectivity index (χ2v) is 7.77. The molecule has 0 aliphatic rings. The minimum absolute atomic E-state index is 0.0672. The summed E-state index contributed by atoms with van der Waals surface area (Å²) in [7, 11) is 1.27. The highest BCUT2D eigenvalue weighted by Gasteiger charge is 2.24. The molecular weight excluding hydrogens is 414 g/mol. The molecule has 154 valence electrons. The van der Waals surface area contributed by atoms with Gasteiger partial charge in [-0.3, -0.25) is 0 Å². The van der Waals surface area contributed by atoms with Crippen LogP contribution in [-0.4, -0.2) is 27.9 Å². The standard InChI is InChI=1S/C25H18ClNO4/c1-31-25(30)22-20(28)11-10-19-21(22)17-12-14-6-2-4-8-16(14)24(29)23(17)27(19)13-15-7-3-5-9-18(15)26/h2-12,28-29H,13H2,1H3. The lowest BCUT2D eigenvalue weighted by molar-refractivity contribution is 0.0600. The second-order valence-electron chi connectivity index (χ2n) is 7.37. The van der Waals surface area contributed by atoms with Crippen LogP contribution in [0.1, 0.15) is 15.9 Å². The summed E-state index contributed by atoms with van der Waals surface area (Å²) in [4.78, 5) is 12.6. The van der Waals surface area contributed by atoms with Gasteiger partial charge >= 0.3 is 5.97 Å². The Labute approximate surface area is 182 Å². The zero-order chi connectivity index (χ0) is 21.7. The lowest BCUT2D eigenvalue weighted by Crippen LogP contribution is -2.03. The van der Waals surface area contributed by atoms with Gasteiger partial charge in [-0.15, -0.1) is 0 Å². The number of esters is 1. The van der Waals surface area contributed by atoms with Gasteiger partial charge in [0, 0.05) is 27.7 Å². The lowest BCUT2D eigenvalue weighted by Gasteiger charge is -2.11. The van der Waals surface area contributed by atoms with Crippen LogP contribution in [0.15, 0.2) is 66.7 Å². The van der Waals surface area contributed by atoms with Crippen molar-refractivity contribution in [2.45, 2.75) is 6.54 Å². The molecule has 0 saturated carbocycles. The number of phenols is 2. The zero-order valence-electron chi connectivity index (χ0n) is 16.6. The monoisotopic (exact) mass is 431 g/mol. The number of carbonyl (C=O) groups is 1. The van der Waals surface area contributed by atoms with E-state index in [1.54, 1.807) is 6.07 Å². The Balaban J connectivity index is 1.98. The summed E-state index contributed by atoms with van der Waals surface area (Å²) < 4.78 is 6.86. The van der Waals surface area contributed by atoms with Crippen molar-refractivity contribution in [2.75, 3.05) is 7.11 Å². The van der Waals surface area contributed by atoms with Gasteiger partial charge in [-0.25, -0.2) is 4.79 Å². The average Bonchev–Trinajstić information content (AvgIpc) is 3.08. The van der Waals surface area contributed by atoms with Crippen LogP contribution in [0.4, 0.5) is 0 Å². The number of hydrogen-bond acceptors (Lipinski definition) is 4. The molecule has 4 aromatic carbocycles. The maximum absolute atomic E-state index is 12.6. The minimum atomic E-state index is -0.646. The third-order valence-corrected chi connectivity index (χ3v) is 6.03. The first-order valence-corrected chi connectivity index (χ1v) is 10.1. The zero-order valence-corrected chi connectivity index (χ0v) is 17.3. The summed E-state index contributed by atoms with van der Waals surface area (Å²) in [6.45, 7) is 0.372. The number of nitrogens with zero attached hydrogens (tertiary/aromatic N) is 1. The van der Waals surface area contributed by atoms with Crippen molar-refractivity contribution >= 4 is 50.1 Å². The first kappa shape index (κ1) is 19.3. The molecule has 1 aromatic heterocycles. The Bertz CT molecular complexity index is 1500. The molecule has 5 rings (SSSR count). The van der Waals surface area contributed by atoms with Gasteiger partial charge in [-0.05, 0) is 35.2 Å². The van der Waals surface area contributed by atoms with Crippen LogP contribution >= 0.6 is 11.6 Å². The number of hydrogen-bond donors (Lipinski definition) is 2. The van der Waals surface area contributed by atoms with E-state index in [1.165, 1.54) is 13.2 Å². The number of carbonyl (C=O) groups excluding carboxylic acids is 1. The van der Waals surface area contributed by atoms with Crippen LogP contribution in [0.3, 0.4) is 0 Å². The van der Waals surface area contributed by atoms with Crippen molar-refractivity contribution in [2.24, 2.45) is 0 Å². The first-order valence-electron chi connectivity index (χ1n) is 9.71. The minimum Gasteiger partial charge on any atom is -0.507 e. The number of aromatic hydroxyl groups is 2. The molecule has 0 unspecified atom stereocenters. The molecule has 0 spiro atoms. The third-order valence-electron chi connectivity index (χ3n) is 5.66. The van der Waals surface area contributed by atoms with Gasteiger partial charge in [0.2, 0.25) is 0 Å². The van der Waals surface area contributed by atoms with Gasteiger partial charge in [0.15, 0.2) is 0 Å². The average molecular weight is 432 g/mol. The Kier molecular flexibility index (Phi) is 4.49. The van der Waals surface area contributed by atoms with Crippen molar-refractivity contribution < 1.29 is 19.7 Å². The molecule has 0 aliphatic heterocycles. The topological polar surface area (TPSA) is 71.7 Å². The van der Waals surface area contributed by atoms with Crippen LogP contribution in [0.25, 0.3) is 32.6 Å². The van der Waals surface area contributed by atoms with Crippen LogP contribution in [0, 0.1) is 0 Å². The molecule has 0 saturated heterocycles. The smallest absolute Gasteiger partial charge is 0.342 e. The maximum Gasteiger partial charge on any atom is 0.342 e. The highest BCUT2D eigenvalue weighted by atomic mass is 35.5. The molecule has 0 amide bonds. The van der Waals surface area contributed by atoms with Gasteiger partial charge in [0.1, 0.15) is 17.1 Å². The van der Waals surface area contributed by atoms with E-state index in [2.05, 4.69) is 0 Å². The number of rotatable bonds is 3. The fourth-order valence-corrected chi connectivity index (χ4v) is 4.45. The Morgan fingerprint density at radius 1 is 1.00 bits per heavy atom. The van der Waals surface area contributed by atoms with Crippen molar-refractivity contribution in [3.8, 4) is 11.5 Å². The Hall–Kier alpha value is -3.70. The van der Waals surface area contributed by atoms with E-state index in [4.69, 9.17) is 16.3 Å². The van der Waals surface area contributed by atoms with E-state index in [1.807, 2.05) is 59.2 Å². The summed E-state index contributed by atoms with van der Waals surface area (Å²) in [5.74, 6) is -0.719. The van der Waals surface area contributed by atoms with E-state index in [-0.39, 0.29) is 17.1 Å². The molecular formula is C25H18ClNO4. The van der Waals surface area contributed by atoms with Crippen molar-refractivity contribution in [3.05, 3.63) is 82.9 Å². The fraction of sp³-hybridized carbons (Fsp3) is 0.0800. The summed E-state index contributed by atoms with van der Waals surface area (Å²) in [5, 5.41) is 25.1. The van der Waals surface area contributed by atoms with E-state index in [9.17, 15) is 15.0 Å². The van der Waals surface area contributed by atoms with Crippen molar-refractivity contribution in [1.82, 2.24) is 4.57 Å². The van der Waals surface area contributed by atoms with Crippen LogP contribution in [0.5, 0.6) is 11.5 Å². The van der Waals surface area contributed by atoms with E-state index in [0.717, 1.165) is 10.9 Å². The maximum atomic E-state index is 12.6. The number of phenolic OH excluding ortho intramolecular Hbond substituents is 2. The highest BCUT2D eigenvalue weighted by molar-refractivity contribution is 6.31. The highest BCUT2D eigenvalue weighted by Crippen LogP contribution is 2.43. The van der Waals surface area contributed by atoms with Gasteiger partial charge < -0.3 is 19.5 Å². The van der Waals surface area contributed by atoms with Gasteiger partial charge in [0.25, 0.3) is 0 Å². The SMILES string of the molecule is COC(=O)c1c(O)ccc2c1c1cc3ccccc3c(O)c1n2Cc1ccccc1Cl. The van der Waals surface area contributed by atoms with E-state index < -0.39 is 5.97 Å². The van der Waals surface area contributed by atoms with E-state index >= 15 is 0 Å². The summed E-state index contributed by atoms with van der Waals surface area (Å²) in [6, 6.07) is 20.1. The molecule has 2 N–H and O–H groups in total. The summed E-state index contributed by atoms with van der Waals surface area (Å²) in [5.41, 5.74) is 2.17. The number of aromatic nitrogens is 1. The van der Waals surface area contributed by atoms with Gasteiger partial charge in [0.05, 0.1) is 18.1 Å². The van der Waals surface area contributed by atoms with Crippen molar-refractivity contribution in [3.63, 3.8) is 0 Å². The van der Waals surface area contributed by atoms with Crippen LogP contribution in [-0.2, 0) is 11.3 Å². The Morgan fingerprint density at radius 3 is 2.52 bits per heavy atom. The summed E-state index contributed by atoms with van der Waals surface area (Å²) in [6.07, 6.45) is 0. The molecule has 0 aliphatic carbocycles. The predicted molar refractivity (Wildman–Crippen MR) is 122 cm³/mol. The Morgan fingerprint density at radius 2 is 1.74 bits per heavy atom. The third kappa shape index (κ3) is 2.89. The van der Waals surface area contributed by atoms with Crippen LogP contribution < -0.4 is 0 Å². The number of halogens is 1. The fourth-order valence-electron chi connectivity index (χ4n) is 4.25. The number of benzene rings is 4. The molecule has 1 heterocycles. The molecule has 6 heteroatoms.